The Morgan fingerprint density at radius 3 is 2.72 bits per heavy atom. The van der Waals surface area contributed by atoms with E-state index in [0.29, 0.717) is 23.4 Å². The zero-order valence-corrected chi connectivity index (χ0v) is 14.5. The number of nitrogens with zero attached hydrogens (tertiary/aromatic N) is 2. The van der Waals surface area contributed by atoms with Crippen molar-refractivity contribution in [1.82, 2.24) is 20.5 Å². The first kappa shape index (κ1) is 17.5. The van der Waals surface area contributed by atoms with Gasteiger partial charge in [-0.15, -0.1) is 0 Å². The number of hydrazine groups is 1. The van der Waals surface area contributed by atoms with Crippen LogP contribution in [-0.2, 0) is 0 Å². The number of aromatic amines is 1. The third-order valence-electron chi connectivity index (χ3n) is 5.02. The van der Waals surface area contributed by atoms with Crippen molar-refractivity contribution in [2.45, 2.75) is 50.5 Å². The molecule has 0 amide bonds. The second-order valence-corrected chi connectivity index (χ2v) is 6.70. The lowest BCUT2D eigenvalue weighted by molar-refractivity contribution is 0.370. The van der Waals surface area contributed by atoms with Crippen LogP contribution in [0.5, 0.6) is 0 Å². The molecule has 0 spiro atoms. The van der Waals surface area contributed by atoms with E-state index in [0.717, 1.165) is 24.1 Å². The first-order chi connectivity index (χ1) is 12.2. The van der Waals surface area contributed by atoms with Gasteiger partial charge in [0.2, 0.25) is 0 Å². The summed E-state index contributed by atoms with van der Waals surface area (Å²) in [5, 5.41) is 10.7. The molecule has 0 aromatic carbocycles. The molecular weight excluding hydrogens is 316 g/mol. The molecule has 0 radical (unpaired) electrons. The van der Waals surface area contributed by atoms with Gasteiger partial charge >= 0.3 is 0 Å². The summed E-state index contributed by atoms with van der Waals surface area (Å²) in [5.41, 5.74) is 17.3. The number of H-pyrrole nitrogens is 1. The van der Waals surface area contributed by atoms with Crippen LogP contribution in [0.2, 0.25) is 0 Å². The number of aromatic nitrogens is 3. The van der Waals surface area contributed by atoms with Gasteiger partial charge in [0.15, 0.2) is 5.82 Å². The maximum absolute atomic E-state index is 6.27. The van der Waals surface area contributed by atoms with Gasteiger partial charge in [0, 0.05) is 18.2 Å². The van der Waals surface area contributed by atoms with Gasteiger partial charge in [-0.25, -0.2) is 10.8 Å². The normalized spacial score (nSPS) is 16.7. The number of anilines is 3. The Hall–Kier alpha value is -2.32. The van der Waals surface area contributed by atoms with Gasteiger partial charge in [0.1, 0.15) is 5.82 Å². The molecule has 0 bridgehead atoms. The quantitative estimate of drug-likeness (QED) is 0.331. The van der Waals surface area contributed by atoms with Crippen LogP contribution in [0.1, 0.15) is 55.6 Å². The number of rotatable bonds is 7. The smallest absolute Gasteiger partial charge is 0.165 e. The molecule has 3 rings (SSSR count). The number of nitrogens with one attached hydrogen (secondary N) is 3. The monoisotopic (exact) mass is 344 g/mol. The fraction of sp³-hybridized carbons (Fsp3) is 0.529. The maximum Gasteiger partial charge on any atom is 0.165 e. The van der Waals surface area contributed by atoms with Crippen LogP contribution in [0.15, 0.2) is 18.5 Å². The fourth-order valence-corrected chi connectivity index (χ4v) is 3.69. The summed E-state index contributed by atoms with van der Waals surface area (Å²) >= 11 is 0. The van der Waals surface area contributed by atoms with Gasteiger partial charge in [-0.1, -0.05) is 19.3 Å². The molecule has 1 saturated carbocycles. The number of hydrogen-bond acceptors (Lipinski definition) is 7. The van der Waals surface area contributed by atoms with Crippen molar-refractivity contribution in [3.05, 3.63) is 29.6 Å². The molecule has 136 valence electrons. The Kier molecular flexibility index (Phi) is 5.72. The van der Waals surface area contributed by atoms with Gasteiger partial charge in [-0.05, 0) is 43.0 Å². The Morgan fingerprint density at radius 2 is 2.04 bits per heavy atom. The van der Waals surface area contributed by atoms with Gasteiger partial charge in [0.25, 0.3) is 0 Å². The third kappa shape index (κ3) is 4.21. The van der Waals surface area contributed by atoms with Crippen LogP contribution in [0.25, 0.3) is 0 Å². The Labute approximate surface area is 147 Å². The molecular formula is C17H28N8. The first-order valence-corrected chi connectivity index (χ1v) is 8.93. The topological polar surface area (TPSA) is 144 Å². The number of pyridine rings is 1. The van der Waals surface area contributed by atoms with Crippen LogP contribution in [-0.4, -0.2) is 27.8 Å². The zero-order chi connectivity index (χ0) is 17.6. The molecule has 2 aromatic rings. The van der Waals surface area contributed by atoms with Gasteiger partial charge < -0.3 is 22.2 Å². The van der Waals surface area contributed by atoms with Gasteiger partial charge in [-0.2, -0.15) is 5.10 Å². The highest BCUT2D eigenvalue weighted by Crippen LogP contribution is 2.35. The minimum Gasteiger partial charge on any atom is -0.395 e. The second-order valence-electron chi connectivity index (χ2n) is 6.70. The summed E-state index contributed by atoms with van der Waals surface area (Å²) < 4.78 is 0. The molecule has 2 aromatic heterocycles. The average molecular weight is 344 g/mol. The van der Waals surface area contributed by atoms with Crippen molar-refractivity contribution in [3.8, 4) is 0 Å². The lowest BCUT2D eigenvalue weighted by Gasteiger charge is -2.25. The molecule has 1 unspecified atom stereocenters. The van der Waals surface area contributed by atoms with Crippen molar-refractivity contribution in [3.63, 3.8) is 0 Å². The Morgan fingerprint density at radius 1 is 1.24 bits per heavy atom. The van der Waals surface area contributed by atoms with E-state index in [9.17, 15) is 0 Å². The van der Waals surface area contributed by atoms with Crippen LogP contribution in [0.4, 0.5) is 17.3 Å². The van der Waals surface area contributed by atoms with Crippen LogP contribution in [0, 0.1) is 0 Å². The lowest BCUT2D eigenvalue weighted by Crippen LogP contribution is -2.32. The van der Waals surface area contributed by atoms with Crippen molar-refractivity contribution in [2.24, 2.45) is 5.84 Å². The molecule has 2 heterocycles. The van der Waals surface area contributed by atoms with Crippen molar-refractivity contribution < 1.29 is 0 Å². The van der Waals surface area contributed by atoms with E-state index >= 15 is 0 Å². The number of nitrogen functional groups attached to an aromatic ring is 3. The average Bonchev–Trinajstić information content (AvgIpc) is 3.16. The SMILES string of the molecule is NNc1nc(N)cc(C(CCNC2CCCCC2)c2cn[nH]c2)c1N. The lowest BCUT2D eigenvalue weighted by atomic mass is 9.89. The highest BCUT2D eigenvalue weighted by Gasteiger charge is 2.21. The van der Waals surface area contributed by atoms with Crippen molar-refractivity contribution >= 4 is 17.3 Å². The van der Waals surface area contributed by atoms with Crippen molar-refractivity contribution in [2.75, 3.05) is 23.4 Å². The van der Waals surface area contributed by atoms with E-state index in [2.05, 4.69) is 25.9 Å². The molecule has 8 heteroatoms. The van der Waals surface area contributed by atoms with E-state index < -0.39 is 0 Å². The van der Waals surface area contributed by atoms with Gasteiger partial charge in [-0.3, -0.25) is 5.10 Å². The molecule has 1 aliphatic carbocycles. The zero-order valence-electron chi connectivity index (χ0n) is 14.5. The van der Waals surface area contributed by atoms with E-state index in [-0.39, 0.29) is 5.92 Å². The summed E-state index contributed by atoms with van der Waals surface area (Å²) in [7, 11) is 0. The number of hydrogen-bond donors (Lipinski definition) is 6. The fourth-order valence-electron chi connectivity index (χ4n) is 3.69. The summed E-state index contributed by atoms with van der Waals surface area (Å²) in [6.45, 7) is 0.910. The highest BCUT2D eigenvalue weighted by atomic mass is 15.3. The van der Waals surface area contributed by atoms with E-state index in [4.69, 9.17) is 17.3 Å². The van der Waals surface area contributed by atoms with E-state index in [1.54, 1.807) is 0 Å². The predicted octanol–water partition coefficient (Wildman–Crippen LogP) is 1.70. The molecule has 8 nitrogen and oxygen atoms in total. The van der Waals surface area contributed by atoms with Crippen LogP contribution >= 0.6 is 0 Å². The van der Waals surface area contributed by atoms with E-state index in [1.165, 1.54) is 32.1 Å². The van der Waals surface area contributed by atoms with E-state index in [1.807, 2.05) is 18.5 Å². The highest BCUT2D eigenvalue weighted by molar-refractivity contribution is 5.70. The van der Waals surface area contributed by atoms with Crippen LogP contribution < -0.4 is 28.1 Å². The third-order valence-corrected chi connectivity index (χ3v) is 5.02. The minimum absolute atomic E-state index is 0.0761. The molecule has 1 atom stereocenters. The van der Waals surface area contributed by atoms with Crippen LogP contribution in [0.3, 0.4) is 0 Å². The molecule has 9 N–H and O–H groups in total. The molecule has 1 fully saturated rings. The van der Waals surface area contributed by atoms with Gasteiger partial charge in [0.05, 0.1) is 11.9 Å². The summed E-state index contributed by atoms with van der Waals surface area (Å²) in [6, 6.07) is 2.45. The largest absolute Gasteiger partial charge is 0.395 e. The number of nitrogens with two attached hydrogens (primary N) is 3. The Balaban J connectivity index is 1.77. The molecule has 25 heavy (non-hydrogen) atoms. The Bertz CT molecular complexity index is 664. The molecule has 0 aliphatic heterocycles. The van der Waals surface area contributed by atoms with Crippen molar-refractivity contribution in [1.29, 1.82) is 0 Å². The maximum atomic E-state index is 6.27. The summed E-state index contributed by atoms with van der Waals surface area (Å²) in [4.78, 5) is 4.15. The minimum atomic E-state index is 0.0761. The molecule has 1 aliphatic rings. The molecule has 0 saturated heterocycles. The predicted molar refractivity (Wildman–Crippen MR) is 101 cm³/mol. The first-order valence-electron chi connectivity index (χ1n) is 8.93. The summed E-state index contributed by atoms with van der Waals surface area (Å²) in [6.07, 6.45) is 11.2. The second kappa shape index (κ2) is 8.17. The standard InChI is InChI=1S/C17H28N8/c18-15-8-14(16(19)17(24-15)25-20)13(11-9-22-23-10-11)6-7-21-12-4-2-1-3-5-12/h8-10,12-13,21H,1-7,19-20H2,(H,22,23)(H3,18,24,25). The summed E-state index contributed by atoms with van der Waals surface area (Å²) in [5.74, 6) is 6.40.